The molecule has 2 aromatic rings. The van der Waals surface area contributed by atoms with Gasteiger partial charge in [-0.1, -0.05) is 18.7 Å². The summed E-state index contributed by atoms with van der Waals surface area (Å²) in [5.74, 6) is -1.22. The van der Waals surface area contributed by atoms with Crippen LogP contribution in [0.3, 0.4) is 0 Å². The first-order valence-electron chi connectivity index (χ1n) is 5.99. The number of nitrogens with one attached hydrogen (secondary N) is 1. The van der Waals surface area contributed by atoms with E-state index >= 15 is 0 Å². The Hall–Kier alpha value is -1.21. The summed E-state index contributed by atoms with van der Waals surface area (Å²) in [6.45, 7) is 2.82. The van der Waals surface area contributed by atoms with Gasteiger partial charge >= 0.3 is 0 Å². The predicted molar refractivity (Wildman–Crippen MR) is 79.0 cm³/mol. The van der Waals surface area contributed by atoms with Crippen molar-refractivity contribution in [1.29, 1.82) is 0 Å². The van der Waals surface area contributed by atoms with Gasteiger partial charge in [-0.25, -0.2) is 18.7 Å². The van der Waals surface area contributed by atoms with E-state index in [9.17, 15) is 8.78 Å². The molecule has 0 fully saturated rings. The molecule has 20 heavy (non-hydrogen) atoms. The second-order valence-corrected chi connectivity index (χ2v) is 5.87. The first-order valence-corrected chi connectivity index (χ1v) is 7.60. The molecule has 1 heterocycles. The Bertz CT molecular complexity index is 610. The monoisotopic (exact) mass is 359 g/mol. The molecular weight excluding hydrogens is 348 g/mol. The van der Waals surface area contributed by atoms with Crippen LogP contribution in [-0.2, 0) is 0 Å². The van der Waals surface area contributed by atoms with Crippen molar-refractivity contribution in [2.45, 2.75) is 23.3 Å². The number of aromatic nitrogens is 2. The average Bonchev–Trinajstić information content (AvgIpc) is 2.44. The zero-order chi connectivity index (χ0) is 14.5. The van der Waals surface area contributed by atoms with Crippen LogP contribution in [0.2, 0.25) is 0 Å². The number of halogens is 3. The number of hydrogen-bond donors (Lipinski definition) is 1. The second kappa shape index (κ2) is 6.99. The Morgan fingerprint density at radius 1 is 1.30 bits per heavy atom. The first-order chi connectivity index (χ1) is 9.60. The highest BCUT2D eigenvalue weighted by molar-refractivity contribution is 9.10. The van der Waals surface area contributed by atoms with Crippen LogP contribution >= 0.6 is 27.7 Å². The van der Waals surface area contributed by atoms with Crippen LogP contribution < -0.4 is 5.32 Å². The summed E-state index contributed by atoms with van der Waals surface area (Å²) in [6.07, 6.45) is 2.60. The van der Waals surface area contributed by atoms with Crippen LogP contribution in [0.15, 0.2) is 38.8 Å². The third kappa shape index (κ3) is 3.89. The van der Waals surface area contributed by atoms with Crippen molar-refractivity contribution in [1.82, 2.24) is 9.97 Å². The van der Waals surface area contributed by atoms with Gasteiger partial charge in [0.2, 0.25) is 5.95 Å². The summed E-state index contributed by atoms with van der Waals surface area (Å²) in [5.41, 5.74) is 0. The Kier molecular flexibility index (Phi) is 5.31. The predicted octanol–water partition coefficient (Wildman–Crippen LogP) is 4.49. The molecular formula is C13H12BrF2N3S. The Labute approximate surface area is 128 Å². The SMILES string of the molecule is CCCNc1ncc(Br)c(Sc2ccc(F)c(F)c2)n1. The van der Waals surface area contributed by atoms with E-state index in [4.69, 9.17) is 0 Å². The molecule has 1 aromatic heterocycles. The highest BCUT2D eigenvalue weighted by Crippen LogP contribution is 2.32. The van der Waals surface area contributed by atoms with E-state index in [0.717, 1.165) is 25.1 Å². The molecule has 2 rings (SSSR count). The normalized spacial score (nSPS) is 10.6. The van der Waals surface area contributed by atoms with Crippen molar-refractivity contribution >= 4 is 33.6 Å². The maximum Gasteiger partial charge on any atom is 0.223 e. The van der Waals surface area contributed by atoms with E-state index in [1.165, 1.54) is 17.8 Å². The molecule has 0 unspecified atom stereocenters. The molecule has 3 nitrogen and oxygen atoms in total. The molecule has 1 N–H and O–H groups in total. The number of nitrogens with zero attached hydrogens (tertiary/aromatic N) is 2. The van der Waals surface area contributed by atoms with Gasteiger partial charge in [0.25, 0.3) is 0 Å². The summed E-state index contributed by atoms with van der Waals surface area (Å²) in [4.78, 5) is 9.04. The maximum atomic E-state index is 13.2. The van der Waals surface area contributed by atoms with Gasteiger partial charge in [0.15, 0.2) is 11.6 Å². The first kappa shape index (κ1) is 15.2. The van der Waals surface area contributed by atoms with E-state index < -0.39 is 11.6 Å². The quantitative estimate of drug-likeness (QED) is 0.798. The molecule has 0 amide bonds. The molecule has 0 saturated heterocycles. The minimum atomic E-state index is -0.871. The van der Waals surface area contributed by atoms with E-state index in [1.54, 1.807) is 6.20 Å². The minimum Gasteiger partial charge on any atom is -0.354 e. The lowest BCUT2D eigenvalue weighted by atomic mass is 10.3. The number of benzene rings is 1. The zero-order valence-corrected chi connectivity index (χ0v) is 13.1. The molecule has 0 aliphatic carbocycles. The van der Waals surface area contributed by atoms with Crippen molar-refractivity contribution in [3.8, 4) is 0 Å². The molecule has 0 aliphatic rings. The van der Waals surface area contributed by atoms with E-state index in [0.29, 0.717) is 20.3 Å². The fourth-order valence-electron chi connectivity index (χ4n) is 1.40. The van der Waals surface area contributed by atoms with Crippen LogP contribution in [0.25, 0.3) is 0 Å². The smallest absolute Gasteiger partial charge is 0.223 e. The second-order valence-electron chi connectivity index (χ2n) is 3.95. The summed E-state index contributed by atoms with van der Waals surface area (Å²) in [7, 11) is 0. The summed E-state index contributed by atoms with van der Waals surface area (Å²) in [5, 5.41) is 3.72. The van der Waals surface area contributed by atoms with Gasteiger partial charge in [0.1, 0.15) is 5.03 Å². The molecule has 1 aromatic carbocycles. The number of rotatable bonds is 5. The summed E-state index contributed by atoms with van der Waals surface area (Å²) in [6, 6.07) is 3.76. The lowest BCUT2D eigenvalue weighted by molar-refractivity contribution is 0.506. The molecule has 106 valence electrons. The number of hydrogen-bond acceptors (Lipinski definition) is 4. The van der Waals surface area contributed by atoms with Gasteiger partial charge in [-0.2, -0.15) is 0 Å². The molecule has 0 saturated carbocycles. The summed E-state index contributed by atoms with van der Waals surface area (Å²) >= 11 is 4.59. The average molecular weight is 360 g/mol. The third-order valence-corrected chi connectivity index (χ3v) is 4.19. The van der Waals surface area contributed by atoms with Crippen molar-refractivity contribution in [2.24, 2.45) is 0 Å². The fourth-order valence-corrected chi connectivity index (χ4v) is 2.63. The number of anilines is 1. The van der Waals surface area contributed by atoms with Gasteiger partial charge < -0.3 is 5.32 Å². The molecule has 0 spiro atoms. The van der Waals surface area contributed by atoms with Crippen molar-refractivity contribution in [3.63, 3.8) is 0 Å². The van der Waals surface area contributed by atoms with Crippen LogP contribution in [0, 0.1) is 11.6 Å². The van der Waals surface area contributed by atoms with Crippen LogP contribution in [0.5, 0.6) is 0 Å². The third-order valence-electron chi connectivity index (χ3n) is 2.35. The molecule has 0 radical (unpaired) electrons. The van der Waals surface area contributed by atoms with Crippen molar-refractivity contribution < 1.29 is 8.78 Å². The van der Waals surface area contributed by atoms with Crippen molar-refractivity contribution in [3.05, 3.63) is 40.5 Å². The minimum absolute atomic E-state index is 0.514. The molecule has 0 atom stereocenters. The van der Waals surface area contributed by atoms with E-state index in [-0.39, 0.29) is 0 Å². The lowest BCUT2D eigenvalue weighted by Crippen LogP contribution is -2.04. The Balaban J connectivity index is 2.20. The van der Waals surface area contributed by atoms with Crippen LogP contribution in [-0.4, -0.2) is 16.5 Å². The van der Waals surface area contributed by atoms with Gasteiger partial charge in [-0.3, -0.25) is 0 Å². The molecule has 0 aliphatic heterocycles. The highest BCUT2D eigenvalue weighted by atomic mass is 79.9. The van der Waals surface area contributed by atoms with Gasteiger partial charge in [0, 0.05) is 17.6 Å². The fraction of sp³-hybridized carbons (Fsp3) is 0.231. The standard InChI is InChI=1S/C13H12BrF2N3S/c1-2-5-17-13-18-7-9(14)12(19-13)20-8-3-4-10(15)11(16)6-8/h3-4,6-7H,2,5H2,1H3,(H,17,18,19). The largest absolute Gasteiger partial charge is 0.354 e. The van der Waals surface area contributed by atoms with Crippen LogP contribution in [0.1, 0.15) is 13.3 Å². The Morgan fingerprint density at radius 2 is 2.10 bits per heavy atom. The van der Waals surface area contributed by atoms with Gasteiger partial charge in [-0.15, -0.1) is 0 Å². The van der Waals surface area contributed by atoms with E-state index in [2.05, 4.69) is 31.2 Å². The zero-order valence-electron chi connectivity index (χ0n) is 10.7. The van der Waals surface area contributed by atoms with Gasteiger partial charge in [-0.05, 0) is 40.5 Å². The topological polar surface area (TPSA) is 37.8 Å². The van der Waals surface area contributed by atoms with Gasteiger partial charge in [0.05, 0.1) is 4.47 Å². The summed E-state index contributed by atoms with van der Waals surface area (Å²) < 4.78 is 26.8. The molecule has 7 heteroatoms. The van der Waals surface area contributed by atoms with Crippen molar-refractivity contribution in [2.75, 3.05) is 11.9 Å². The Morgan fingerprint density at radius 3 is 2.80 bits per heavy atom. The molecule has 0 bridgehead atoms. The van der Waals surface area contributed by atoms with Crippen LogP contribution in [0.4, 0.5) is 14.7 Å². The highest BCUT2D eigenvalue weighted by Gasteiger charge is 2.09. The lowest BCUT2D eigenvalue weighted by Gasteiger charge is -2.07. The maximum absolute atomic E-state index is 13.2. The van der Waals surface area contributed by atoms with E-state index in [1.807, 2.05) is 6.92 Å².